The molecule has 3 aromatic carbocycles. The molecule has 1 fully saturated rings. The van der Waals surface area contributed by atoms with E-state index in [-0.39, 0.29) is 42.6 Å². The summed E-state index contributed by atoms with van der Waals surface area (Å²) in [5, 5.41) is 4.20. The lowest BCUT2D eigenvalue weighted by molar-refractivity contribution is 0.253. The fourth-order valence-electron chi connectivity index (χ4n) is 5.13. The summed E-state index contributed by atoms with van der Waals surface area (Å²) in [6, 6.07) is 23.9. The van der Waals surface area contributed by atoms with Crippen molar-refractivity contribution >= 4 is 53.9 Å². The highest BCUT2D eigenvalue weighted by molar-refractivity contribution is 5.86. The number of nitrogens with zero attached hydrogens (tertiary/aromatic N) is 2. The van der Waals surface area contributed by atoms with Crippen LogP contribution >= 0.6 is 37.2 Å². The van der Waals surface area contributed by atoms with Crippen molar-refractivity contribution in [3.05, 3.63) is 94.1 Å². The Morgan fingerprint density at radius 1 is 0.875 bits per heavy atom. The van der Waals surface area contributed by atoms with Crippen LogP contribution in [0.4, 0.5) is 5.69 Å². The van der Waals surface area contributed by atoms with Crippen LogP contribution in [0.25, 0.3) is 22.3 Å². The maximum atomic E-state index is 13.1. The Labute approximate surface area is 254 Å². The van der Waals surface area contributed by atoms with Gasteiger partial charge in [0.15, 0.2) is 5.43 Å². The van der Waals surface area contributed by atoms with E-state index in [9.17, 15) is 4.79 Å². The van der Waals surface area contributed by atoms with Crippen LogP contribution in [0.3, 0.4) is 0 Å². The number of hydrogen-bond donors (Lipinski definition) is 1. The van der Waals surface area contributed by atoms with Crippen LogP contribution in [0.2, 0.25) is 0 Å². The molecule has 1 aliphatic heterocycles. The Hall–Kier alpha value is -2.74. The topological polar surface area (TPSA) is 58.0 Å². The van der Waals surface area contributed by atoms with Gasteiger partial charge in [-0.1, -0.05) is 54.6 Å². The zero-order valence-corrected chi connectivity index (χ0v) is 25.4. The van der Waals surface area contributed by atoms with E-state index < -0.39 is 0 Å². The average Bonchev–Trinajstić information content (AvgIpc) is 2.95. The smallest absolute Gasteiger partial charge is 0.196 e. The SMILES string of the molecule is COc1ccccc1N1CCN(CCCNCc2cccc3c(=O)c(C)c(-c4ccccc4)oc23)CC1.Cl.Cl.Cl. The van der Waals surface area contributed by atoms with Crippen molar-refractivity contribution in [2.24, 2.45) is 0 Å². The number of para-hydroxylation sites is 3. The van der Waals surface area contributed by atoms with Crippen LogP contribution in [0.5, 0.6) is 5.75 Å². The van der Waals surface area contributed by atoms with Crippen molar-refractivity contribution in [3.8, 4) is 17.1 Å². The van der Waals surface area contributed by atoms with Crippen LogP contribution in [0, 0.1) is 6.92 Å². The molecule has 2 heterocycles. The Morgan fingerprint density at radius 2 is 1.57 bits per heavy atom. The molecule has 5 rings (SSSR count). The van der Waals surface area contributed by atoms with Crippen molar-refractivity contribution < 1.29 is 9.15 Å². The van der Waals surface area contributed by atoms with Gasteiger partial charge in [-0.2, -0.15) is 0 Å². The van der Waals surface area contributed by atoms with E-state index in [0.717, 1.165) is 62.6 Å². The van der Waals surface area contributed by atoms with Crippen molar-refractivity contribution in [2.45, 2.75) is 19.9 Å². The molecule has 1 N–H and O–H groups in total. The molecule has 6 nitrogen and oxygen atoms in total. The highest BCUT2D eigenvalue weighted by Crippen LogP contribution is 2.29. The number of fused-ring (bicyclic) bond motifs is 1. The lowest BCUT2D eigenvalue weighted by Gasteiger charge is -2.36. The van der Waals surface area contributed by atoms with E-state index in [1.165, 1.54) is 5.69 Å². The van der Waals surface area contributed by atoms with E-state index in [0.29, 0.717) is 28.8 Å². The van der Waals surface area contributed by atoms with E-state index in [1.807, 2.05) is 67.6 Å². The third-order valence-corrected chi connectivity index (χ3v) is 7.20. The van der Waals surface area contributed by atoms with Crippen LogP contribution in [0.15, 0.2) is 82.0 Å². The number of hydrogen-bond acceptors (Lipinski definition) is 6. The average molecular weight is 607 g/mol. The van der Waals surface area contributed by atoms with Gasteiger partial charge in [-0.3, -0.25) is 9.69 Å². The molecule has 0 aliphatic carbocycles. The number of benzene rings is 3. The van der Waals surface area contributed by atoms with Crippen molar-refractivity contribution in [1.29, 1.82) is 0 Å². The van der Waals surface area contributed by atoms with Gasteiger partial charge in [-0.15, -0.1) is 37.2 Å². The molecule has 0 spiro atoms. The monoisotopic (exact) mass is 605 g/mol. The van der Waals surface area contributed by atoms with Crippen LogP contribution in [-0.4, -0.2) is 51.3 Å². The number of methoxy groups -OCH3 is 1. The minimum atomic E-state index is 0. The van der Waals surface area contributed by atoms with Crippen molar-refractivity contribution in [1.82, 2.24) is 10.2 Å². The summed E-state index contributed by atoms with van der Waals surface area (Å²) >= 11 is 0. The maximum absolute atomic E-state index is 13.1. The number of ether oxygens (including phenoxy) is 1. The molecule has 1 saturated heterocycles. The van der Waals surface area contributed by atoms with E-state index in [1.54, 1.807) is 7.11 Å². The first-order valence-electron chi connectivity index (χ1n) is 13.1. The van der Waals surface area contributed by atoms with Gasteiger partial charge in [-0.05, 0) is 44.6 Å². The molecule has 9 heteroatoms. The largest absolute Gasteiger partial charge is 0.495 e. The van der Waals surface area contributed by atoms with Crippen LogP contribution in [0.1, 0.15) is 17.5 Å². The normalized spacial score (nSPS) is 13.2. The molecule has 0 saturated carbocycles. The molecule has 1 aromatic heterocycles. The molecule has 0 bridgehead atoms. The predicted octanol–water partition coefficient (Wildman–Crippen LogP) is 6.34. The molecule has 0 amide bonds. The second kappa shape index (κ2) is 15.9. The Bertz CT molecular complexity index is 1410. The highest BCUT2D eigenvalue weighted by Gasteiger charge is 2.19. The Morgan fingerprint density at radius 3 is 2.30 bits per heavy atom. The van der Waals surface area contributed by atoms with Gasteiger partial charge in [0.1, 0.15) is 17.1 Å². The first-order valence-corrected chi connectivity index (χ1v) is 13.1. The number of halogens is 3. The Balaban J connectivity index is 0.00000187. The molecular formula is C31H38Cl3N3O3. The fraction of sp³-hybridized carbons (Fsp3) is 0.323. The fourth-order valence-corrected chi connectivity index (χ4v) is 5.13. The van der Waals surface area contributed by atoms with E-state index >= 15 is 0 Å². The molecule has 40 heavy (non-hydrogen) atoms. The Kier molecular flexibility index (Phi) is 13.3. The van der Waals surface area contributed by atoms with Gasteiger partial charge >= 0.3 is 0 Å². The van der Waals surface area contributed by atoms with Gasteiger partial charge in [0.25, 0.3) is 0 Å². The number of anilines is 1. The summed E-state index contributed by atoms with van der Waals surface area (Å²) in [5.74, 6) is 1.59. The van der Waals surface area contributed by atoms with Gasteiger partial charge in [0.05, 0.1) is 18.2 Å². The minimum Gasteiger partial charge on any atom is -0.495 e. The molecular weight excluding hydrogens is 569 g/mol. The molecule has 0 atom stereocenters. The third kappa shape index (κ3) is 7.50. The van der Waals surface area contributed by atoms with Crippen molar-refractivity contribution in [3.63, 3.8) is 0 Å². The number of nitrogens with one attached hydrogen (secondary N) is 1. The summed E-state index contributed by atoms with van der Waals surface area (Å²) in [6.07, 6.45) is 1.07. The van der Waals surface area contributed by atoms with Gasteiger partial charge in [0.2, 0.25) is 0 Å². The zero-order chi connectivity index (χ0) is 25.6. The van der Waals surface area contributed by atoms with Gasteiger partial charge < -0.3 is 19.4 Å². The zero-order valence-electron chi connectivity index (χ0n) is 22.9. The predicted molar refractivity (Wildman–Crippen MR) is 172 cm³/mol. The summed E-state index contributed by atoms with van der Waals surface area (Å²) in [6.45, 7) is 8.59. The molecule has 0 radical (unpaired) electrons. The van der Waals surface area contributed by atoms with Gasteiger partial charge in [0, 0.05) is 49.4 Å². The second-order valence-corrected chi connectivity index (χ2v) is 9.58. The molecule has 0 unspecified atom stereocenters. The van der Waals surface area contributed by atoms with Gasteiger partial charge in [-0.25, -0.2) is 0 Å². The molecule has 216 valence electrons. The number of piperazine rings is 1. The lowest BCUT2D eigenvalue weighted by atomic mass is 10.0. The van der Waals surface area contributed by atoms with Crippen LogP contribution in [-0.2, 0) is 6.54 Å². The first-order chi connectivity index (χ1) is 18.2. The summed E-state index contributed by atoms with van der Waals surface area (Å²) in [5.41, 5.74) is 4.48. The number of rotatable bonds is 9. The standard InChI is InChI=1S/C31H35N3O3.3ClH/c1-23-29(35)26-13-8-12-25(31(26)37-30(23)24-10-4-3-5-11-24)22-32-16-9-17-33-18-20-34(21-19-33)27-14-6-7-15-28(27)36-2;;;/h3-8,10-15,32H,9,16-22H2,1-2H3;3*1H. The molecule has 4 aromatic rings. The van der Waals surface area contributed by atoms with E-state index in [4.69, 9.17) is 9.15 Å². The summed E-state index contributed by atoms with van der Waals surface area (Å²) in [7, 11) is 1.73. The van der Waals surface area contributed by atoms with E-state index in [2.05, 4.69) is 27.2 Å². The van der Waals surface area contributed by atoms with Crippen molar-refractivity contribution in [2.75, 3.05) is 51.3 Å². The quantitative estimate of drug-likeness (QED) is 0.224. The molecule has 1 aliphatic rings. The first kappa shape index (κ1) is 33.5. The lowest BCUT2D eigenvalue weighted by Crippen LogP contribution is -2.47. The maximum Gasteiger partial charge on any atom is 0.196 e. The summed E-state index contributed by atoms with van der Waals surface area (Å²) < 4.78 is 11.9. The summed E-state index contributed by atoms with van der Waals surface area (Å²) in [4.78, 5) is 18.0. The second-order valence-electron chi connectivity index (χ2n) is 9.58. The highest BCUT2D eigenvalue weighted by atomic mass is 35.5. The minimum absolute atomic E-state index is 0. The van der Waals surface area contributed by atoms with Crippen LogP contribution < -0.4 is 20.4 Å². The third-order valence-electron chi connectivity index (χ3n) is 7.20.